The van der Waals surface area contributed by atoms with Crippen LogP contribution >= 0.6 is 0 Å². The van der Waals surface area contributed by atoms with Gasteiger partial charge in [0.25, 0.3) is 0 Å². The monoisotopic (exact) mass is 193 g/mol. The third kappa shape index (κ3) is 3.66. The van der Waals surface area contributed by atoms with E-state index in [9.17, 15) is 0 Å². The van der Waals surface area contributed by atoms with Crippen LogP contribution in [-0.2, 0) is 0 Å². The van der Waals surface area contributed by atoms with Gasteiger partial charge in [-0.2, -0.15) is 0 Å². The van der Waals surface area contributed by atoms with Gasteiger partial charge in [0.15, 0.2) is 0 Å². The average Bonchev–Trinajstić information content (AvgIpc) is 2.20. The maximum Gasteiger partial charge on any atom is 0.0717 e. The Balaban J connectivity index is 2.21. The Labute approximate surface area is 85.7 Å². The van der Waals surface area contributed by atoms with Gasteiger partial charge < -0.3 is 11.2 Å². The summed E-state index contributed by atoms with van der Waals surface area (Å²) in [6.07, 6.45) is 3.70. The van der Waals surface area contributed by atoms with Gasteiger partial charge in [-0.15, -0.1) is 0 Å². The number of hydrazine groups is 1. The van der Waals surface area contributed by atoms with E-state index in [4.69, 9.17) is 5.73 Å². The molecule has 0 bridgehead atoms. The van der Waals surface area contributed by atoms with Crippen molar-refractivity contribution in [2.75, 3.05) is 17.7 Å². The van der Waals surface area contributed by atoms with Gasteiger partial charge in [-0.1, -0.05) is 31.9 Å². The third-order valence-electron chi connectivity index (χ3n) is 2.09. The Bertz CT molecular complexity index is 260. The Morgan fingerprint density at radius 2 is 2.00 bits per heavy atom. The van der Waals surface area contributed by atoms with Crippen LogP contribution in [-0.4, -0.2) is 6.54 Å². The van der Waals surface area contributed by atoms with Crippen LogP contribution in [0.4, 0.5) is 11.4 Å². The van der Waals surface area contributed by atoms with Crippen LogP contribution in [0.5, 0.6) is 0 Å². The van der Waals surface area contributed by atoms with Gasteiger partial charge in [-0.25, -0.2) is 5.43 Å². The molecule has 0 atom stereocenters. The van der Waals surface area contributed by atoms with E-state index in [-0.39, 0.29) is 0 Å². The molecule has 0 heterocycles. The molecule has 1 aromatic carbocycles. The normalized spacial score (nSPS) is 10.1. The van der Waals surface area contributed by atoms with Crippen molar-refractivity contribution < 1.29 is 0 Å². The minimum atomic E-state index is 0.774. The molecule has 0 radical (unpaired) electrons. The molecule has 3 nitrogen and oxygen atoms in total. The predicted octanol–water partition coefficient (Wildman–Crippen LogP) is 2.38. The van der Waals surface area contributed by atoms with Crippen molar-refractivity contribution in [1.82, 2.24) is 5.43 Å². The summed E-state index contributed by atoms with van der Waals surface area (Å²) in [5.41, 5.74) is 13.7. The molecule has 0 aliphatic carbocycles. The van der Waals surface area contributed by atoms with E-state index in [0.717, 1.165) is 17.9 Å². The molecule has 0 aromatic heterocycles. The molecule has 1 aromatic rings. The van der Waals surface area contributed by atoms with Crippen molar-refractivity contribution in [1.29, 1.82) is 0 Å². The highest BCUT2D eigenvalue weighted by atomic mass is 15.4. The van der Waals surface area contributed by atoms with Gasteiger partial charge in [-0.05, 0) is 18.6 Å². The molecule has 0 fully saturated rings. The molecule has 0 amide bonds. The molecule has 0 aliphatic rings. The average molecular weight is 193 g/mol. The van der Waals surface area contributed by atoms with Crippen LogP contribution in [0, 0.1) is 0 Å². The zero-order chi connectivity index (χ0) is 10.2. The fraction of sp³-hybridized carbons (Fsp3) is 0.455. The van der Waals surface area contributed by atoms with E-state index in [1.54, 1.807) is 0 Å². The molecule has 1 rings (SSSR count). The number of hydrogen-bond acceptors (Lipinski definition) is 3. The summed E-state index contributed by atoms with van der Waals surface area (Å²) in [7, 11) is 0. The van der Waals surface area contributed by atoms with Gasteiger partial charge in [0.1, 0.15) is 0 Å². The van der Waals surface area contributed by atoms with Crippen LogP contribution < -0.4 is 16.6 Å². The summed E-state index contributed by atoms with van der Waals surface area (Å²) in [6, 6.07) is 7.74. The summed E-state index contributed by atoms with van der Waals surface area (Å²) in [5.74, 6) is 0. The van der Waals surface area contributed by atoms with Crippen LogP contribution in [0.2, 0.25) is 0 Å². The number of nitrogens with two attached hydrogens (primary N) is 1. The topological polar surface area (TPSA) is 50.1 Å². The van der Waals surface area contributed by atoms with E-state index < -0.39 is 0 Å². The molecule has 14 heavy (non-hydrogen) atoms. The standard InChI is InChI=1S/C11H19N3/c1-2-3-6-9-13-14-11-8-5-4-7-10(11)12/h4-5,7-8,13-14H,2-3,6,9,12H2,1H3. The maximum absolute atomic E-state index is 5.76. The van der Waals surface area contributed by atoms with E-state index in [1.807, 2.05) is 24.3 Å². The van der Waals surface area contributed by atoms with Gasteiger partial charge in [-0.3, -0.25) is 0 Å². The molecule has 78 valence electrons. The molecule has 0 spiro atoms. The zero-order valence-corrected chi connectivity index (χ0v) is 8.72. The van der Waals surface area contributed by atoms with Crippen molar-refractivity contribution in [3.8, 4) is 0 Å². The first kappa shape index (κ1) is 10.9. The Kier molecular flexibility index (Phi) is 4.86. The number of anilines is 2. The number of benzene rings is 1. The first-order valence-electron chi connectivity index (χ1n) is 5.18. The van der Waals surface area contributed by atoms with E-state index in [0.29, 0.717) is 0 Å². The maximum atomic E-state index is 5.76. The number of unbranched alkanes of at least 4 members (excludes halogenated alkanes) is 2. The summed E-state index contributed by atoms with van der Waals surface area (Å²) in [6.45, 7) is 3.17. The van der Waals surface area contributed by atoms with Crippen LogP contribution in [0.3, 0.4) is 0 Å². The summed E-state index contributed by atoms with van der Waals surface area (Å²) >= 11 is 0. The van der Waals surface area contributed by atoms with Gasteiger partial charge in [0.2, 0.25) is 0 Å². The minimum absolute atomic E-state index is 0.774. The lowest BCUT2D eigenvalue weighted by molar-refractivity contribution is 0.662. The predicted molar refractivity (Wildman–Crippen MR) is 62.0 cm³/mol. The van der Waals surface area contributed by atoms with Gasteiger partial charge in [0.05, 0.1) is 11.4 Å². The number of nitrogen functional groups attached to an aromatic ring is 1. The number of nitrogens with one attached hydrogen (secondary N) is 2. The lowest BCUT2D eigenvalue weighted by atomic mass is 10.2. The zero-order valence-electron chi connectivity index (χ0n) is 8.72. The first-order valence-corrected chi connectivity index (χ1v) is 5.18. The Morgan fingerprint density at radius 1 is 1.21 bits per heavy atom. The van der Waals surface area contributed by atoms with Crippen molar-refractivity contribution in [3.05, 3.63) is 24.3 Å². The van der Waals surface area contributed by atoms with Crippen molar-refractivity contribution >= 4 is 11.4 Å². The molecule has 0 aliphatic heterocycles. The molecular formula is C11H19N3. The second-order valence-corrected chi connectivity index (χ2v) is 3.35. The summed E-state index contributed by atoms with van der Waals surface area (Å²) < 4.78 is 0. The smallest absolute Gasteiger partial charge is 0.0717 e. The van der Waals surface area contributed by atoms with Crippen LogP contribution in [0.1, 0.15) is 26.2 Å². The molecule has 0 saturated carbocycles. The van der Waals surface area contributed by atoms with Crippen molar-refractivity contribution in [2.45, 2.75) is 26.2 Å². The number of para-hydroxylation sites is 2. The van der Waals surface area contributed by atoms with Gasteiger partial charge >= 0.3 is 0 Å². The fourth-order valence-corrected chi connectivity index (χ4v) is 1.23. The second kappa shape index (κ2) is 6.27. The summed E-state index contributed by atoms with van der Waals surface area (Å²) in [5, 5.41) is 0. The molecule has 4 N–H and O–H groups in total. The van der Waals surface area contributed by atoms with Crippen LogP contribution in [0.15, 0.2) is 24.3 Å². The molecule has 0 saturated heterocycles. The molecule has 0 unspecified atom stereocenters. The minimum Gasteiger partial charge on any atom is -0.397 e. The van der Waals surface area contributed by atoms with Crippen molar-refractivity contribution in [2.24, 2.45) is 0 Å². The quantitative estimate of drug-likeness (QED) is 0.369. The van der Waals surface area contributed by atoms with E-state index in [1.165, 1.54) is 19.3 Å². The SMILES string of the molecule is CCCCCNNc1ccccc1N. The van der Waals surface area contributed by atoms with Gasteiger partial charge in [0, 0.05) is 6.54 Å². The van der Waals surface area contributed by atoms with E-state index >= 15 is 0 Å². The highest BCUT2D eigenvalue weighted by Crippen LogP contribution is 2.14. The fourth-order valence-electron chi connectivity index (χ4n) is 1.23. The Hall–Kier alpha value is -1.22. The highest BCUT2D eigenvalue weighted by molar-refractivity contribution is 5.64. The molecular weight excluding hydrogens is 174 g/mol. The number of hydrogen-bond donors (Lipinski definition) is 3. The lowest BCUT2D eigenvalue weighted by Gasteiger charge is -2.09. The first-order chi connectivity index (χ1) is 6.84. The summed E-state index contributed by atoms with van der Waals surface area (Å²) in [4.78, 5) is 0. The lowest BCUT2D eigenvalue weighted by Crippen LogP contribution is -2.23. The highest BCUT2D eigenvalue weighted by Gasteiger charge is 1.94. The van der Waals surface area contributed by atoms with Crippen molar-refractivity contribution in [3.63, 3.8) is 0 Å². The van der Waals surface area contributed by atoms with Crippen LogP contribution in [0.25, 0.3) is 0 Å². The third-order valence-corrected chi connectivity index (χ3v) is 2.09. The number of rotatable bonds is 6. The largest absolute Gasteiger partial charge is 0.397 e. The van der Waals surface area contributed by atoms with E-state index in [2.05, 4.69) is 17.8 Å². The molecule has 3 heteroatoms. The Morgan fingerprint density at radius 3 is 2.71 bits per heavy atom. The second-order valence-electron chi connectivity index (χ2n) is 3.35.